The number of carbonyl (C=O) groups excluding carboxylic acids is 1. The maximum Gasteiger partial charge on any atom is 0.295 e. The molecule has 1 aliphatic heterocycles. The zero-order valence-electron chi connectivity index (χ0n) is 19.3. The lowest BCUT2D eigenvalue weighted by molar-refractivity contribution is 0.0740. The zero-order chi connectivity index (χ0) is 22.3. The van der Waals surface area contributed by atoms with Gasteiger partial charge in [0.25, 0.3) is 5.91 Å². The number of furan rings is 1. The highest BCUT2D eigenvalue weighted by Crippen LogP contribution is 2.34. The quantitative estimate of drug-likeness (QED) is 0.639. The number of piperidine rings is 1. The first-order chi connectivity index (χ1) is 15.7. The van der Waals surface area contributed by atoms with Gasteiger partial charge in [-0.3, -0.25) is 14.6 Å². The van der Waals surface area contributed by atoms with Crippen LogP contribution in [0.15, 0.2) is 41.1 Å². The molecule has 6 nitrogen and oxygen atoms in total. The van der Waals surface area contributed by atoms with E-state index in [4.69, 9.17) is 4.42 Å². The van der Waals surface area contributed by atoms with Crippen molar-refractivity contribution < 1.29 is 14.3 Å². The number of rotatable bonds is 8. The molecule has 0 bridgehead atoms. The SMILES string of the molecule is Cc1ccc(N(C(=O)c2ccco2)C2CCN(C(CCCO)C3CCCCC3)CC2)nc1. The smallest absolute Gasteiger partial charge is 0.295 e. The van der Waals surface area contributed by atoms with Crippen molar-refractivity contribution in [1.29, 1.82) is 0 Å². The Morgan fingerprint density at radius 2 is 1.97 bits per heavy atom. The van der Waals surface area contributed by atoms with Gasteiger partial charge in [0.1, 0.15) is 5.82 Å². The van der Waals surface area contributed by atoms with E-state index >= 15 is 0 Å². The predicted molar refractivity (Wildman–Crippen MR) is 126 cm³/mol. The van der Waals surface area contributed by atoms with Gasteiger partial charge < -0.3 is 9.52 Å². The van der Waals surface area contributed by atoms with E-state index in [1.807, 2.05) is 30.2 Å². The molecule has 1 unspecified atom stereocenters. The minimum Gasteiger partial charge on any atom is -0.459 e. The summed E-state index contributed by atoms with van der Waals surface area (Å²) >= 11 is 0. The topological polar surface area (TPSA) is 69.8 Å². The van der Waals surface area contributed by atoms with E-state index in [0.29, 0.717) is 17.6 Å². The Balaban J connectivity index is 1.48. The first-order valence-corrected chi connectivity index (χ1v) is 12.3. The van der Waals surface area contributed by atoms with Crippen LogP contribution < -0.4 is 4.90 Å². The van der Waals surface area contributed by atoms with Crippen LogP contribution in [0.2, 0.25) is 0 Å². The second-order valence-corrected chi connectivity index (χ2v) is 9.44. The van der Waals surface area contributed by atoms with Crippen molar-refractivity contribution >= 4 is 11.7 Å². The van der Waals surface area contributed by atoms with Gasteiger partial charge in [-0.15, -0.1) is 0 Å². The summed E-state index contributed by atoms with van der Waals surface area (Å²) in [6.45, 7) is 4.23. The number of pyridine rings is 1. The number of amides is 1. The number of anilines is 1. The minimum atomic E-state index is -0.117. The highest BCUT2D eigenvalue weighted by molar-refractivity contribution is 6.04. The molecular weight excluding hydrogens is 402 g/mol. The summed E-state index contributed by atoms with van der Waals surface area (Å²) in [5.41, 5.74) is 1.08. The number of aryl methyl sites for hydroxylation is 1. The van der Waals surface area contributed by atoms with Gasteiger partial charge in [0, 0.05) is 38.0 Å². The molecule has 1 atom stereocenters. The summed E-state index contributed by atoms with van der Waals surface area (Å²) in [5.74, 6) is 1.68. The van der Waals surface area contributed by atoms with E-state index in [9.17, 15) is 9.90 Å². The van der Waals surface area contributed by atoms with E-state index in [1.165, 1.54) is 32.1 Å². The van der Waals surface area contributed by atoms with Gasteiger partial charge in [-0.05, 0) is 75.1 Å². The highest BCUT2D eigenvalue weighted by atomic mass is 16.3. The largest absolute Gasteiger partial charge is 0.459 e. The first kappa shape index (κ1) is 23.0. The number of hydrogen-bond donors (Lipinski definition) is 1. The van der Waals surface area contributed by atoms with Gasteiger partial charge in [0.15, 0.2) is 5.76 Å². The summed E-state index contributed by atoms with van der Waals surface area (Å²) in [4.78, 5) is 22.4. The van der Waals surface area contributed by atoms with E-state index in [-0.39, 0.29) is 18.6 Å². The van der Waals surface area contributed by atoms with Gasteiger partial charge in [-0.25, -0.2) is 4.98 Å². The molecule has 174 valence electrons. The van der Waals surface area contributed by atoms with Crippen molar-refractivity contribution in [3.8, 4) is 0 Å². The standard InChI is InChI=1S/C26H37N3O3/c1-20-11-12-25(27-19-20)29(26(31)24-10-6-18-32-24)22-13-15-28(16-14-22)23(9-5-17-30)21-7-3-2-4-8-21/h6,10-12,18-19,21-23,30H,2-5,7-9,13-17H2,1H3. The molecule has 0 spiro atoms. The number of aliphatic hydroxyl groups is 1. The third-order valence-corrected chi connectivity index (χ3v) is 7.28. The molecule has 1 N–H and O–H groups in total. The van der Waals surface area contributed by atoms with Crippen LogP contribution in [0.4, 0.5) is 5.82 Å². The fraction of sp³-hybridized carbons (Fsp3) is 0.615. The molecule has 4 rings (SSSR count). The van der Waals surface area contributed by atoms with Crippen LogP contribution in [0.5, 0.6) is 0 Å². The van der Waals surface area contributed by atoms with Crippen molar-refractivity contribution in [2.75, 3.05) is 24.6 Å². The van der Waals surface area contributed by atoms with Gasteiger partial charge in [-0.2, -0.15) is 0 Å². The Bertz CT molecular complexity index is 823. The summed E-state index contributed by atoms with van der Waals surface area (Å²) < 4.78 is 5.44. The van der Waals surface area contributed by atoms with E-state index < -0.39 is 0 Å². The zero-order valence-corrected chi connectivity index (χ0v) is 19.3. The number of aromatic nitrogens is 1. The molecule has 0 radical (unpaired) electrons. The van der Waals surface area contributed by atoms with E-state index in [2.05, 4.69) is 9.88 Å². The average Bonchev–Trinajstić information content (AvgIpc) is 3.37. The van der Waals surface area contributed by atoms with Gasteiger partial charge in [-0.1, -0.05) is 25.3 Å². The first-order valence-electron chi connectivity index (χ1n) is 12.3. The lowest BCUT2D eigenvalue weighted by Crippen LogP contribution is -2.52. The monoisotopic (exact) mass is 439 g/mol. The lowest BCUT2D eigenvalue weighted by Gasteiger charge is -2.44. The van der Waals surface area contributed by atoms with Crippen LogP contribution in [-0.2, 0) is 0 Å². The Kier molecular flexibility index (Phi) is 7.98. The fourth-order valence-corrected chi connectivity index (χ4v) is 5.59. The molecule has 2 fully saturated rings. The average molecular weight is 440 g/mol. The molecule has 0 aromatic carbocycles. The molecule has 32 heavy (non-hydrogen) atoms. The Hall–Kier alpha value is -2.18. The van der Waals surface area contributed by atoms with Crippen LogP contribution in [0, 0.1) is 12.8 Å². The van der Waals surface area contributed by atoms with Gasteiger partial charge >= 0.3 is 0 Å². The summed E-state index contributed by atoms with van der Waals surface area (Å²) in [7, 11) is 0. The van der Waals surface area contributed by atoms with Crippen LogP contribution >= 0.6 is 0 Å². The lowest BCUT2D eigenvalue weighted by atomic mass is 9.80. The van der Waals surface area contributed by atoms with Crippen molar-refractivity contribution in [2.45, 2.75) is 76.8 Å². The Labute approximate surface area is 191 Å². The number of hydrogen-bond acceptors (Lipinski definition) is 5. The maximum atomic E-state index is 13.3. The molecule has 2 aromatic heterocycles. The fourth-order valence-electron chi connectivity index (χ4n) is 5.59. The third-order valence-electron chi connectivity index (χ3n) is 7.28. The van der Waals surface area contributed by atoms with E-state index in [0.717, 1.165) is 50.3 Å². The van der Waals surface area contributed by atoms with Crippen molar-refractivity contribution in [3.63, 3.8) is 0 Å². The maximum absolute atomic E-state index is 13.3. The van der Waals surface area contributed by atoms with Crippen molar-refractivity contribution in [2.24, 2.45) is 5.92 Å². The Morgan fingerprint density at radius 1 is 1.19 bits per heavy atom. The van der Waals surface area contributed by atoms with Gasteiger partial charge in [0.05, 0.1) is 6.26 Å². The molecule has 1 aliphatic carbocycles. The third kappa shape index (κ3) is 5.41. The predicted octanol–water partition coefficient (Wildman–Crippen LogP) is 4.82. The second kappa shape index (κ2) is 11.1. The molecule has 1 saturated carbocycles. The van der Waals surface area contributed by atoms with Gasteiger partial charge in [0.2, 0.25) is 0 Å². The summed E-state index contributed by atoms with van der Waals surface area (Å²) in [6.07, 6.45) is 13.8. The second-order valence-electron chi connectivity index (χ2n) is 9.44. The number of carbonyl (C=O) groups is 1. The van der Waals surface area contributed by atoms with E-state index in [1.54, 1.807) is 18.4 Å². The van der Waals surface area contributed by atoms with Crippen molar-refractivity contribution in [1.82, 2.24) is 9.88 Å². The molecule has 6 heteroatoms. The molecule has 3 heterocycles. The van der Waals surface area contributed by atoms with Crippen LogP contribution in [0.1, 0.15) is 73.9 Å². The molecule has 2 aliphatic rings. The molecule has 1 amide bonds. The normalized spacial score (nSPS) is 19.7. The number of aliphatic hydroxyl groups excluding tert-OH is 1. The summed E-state index contributed by atoms with van der Waals surface area (Å²) in [6, 6.07) is 8.08. The molecular formula is C26H37N3O3. The van der Waals surface area contributed by atoms with Crippen LogP contribution in [0.25, 0.3) is 0 Å². The highest BCUT2D eigenvalue weighted by Gasteiger charge is 2.35. The molecule has 2 aromatic rings. The van der Waals surface area contributed by atoms with Crippen LogP contribution in [0.3, 0.4) is 0 Å². The Morgan fingerprint density at radius 3 is 2.59 bits per heavy atom. The van der Waals surface area contributed by atoms with Crippen molar-refractivity contribution in [3.05, 3.63) is 48.0 Å². The summed E-state index contributed by atoms with van der Waals surface area (Å²) in [5, 5.41) is 9.45. The molecule has 1 saturated heterocycles. The number of likely N-dealkylation sites (tertiary alicyclic amines) is 1. The minimum absolute atomic E-state index is 0.101. The van der Waals surface area contributed by atoms with Crippen LogP contribution in [-0.4, -0.2) is 52.7 Å². The number of nitrogens with zero attached hydrogens (tertiary/aromatic N) is 3.